The Morgan fingerprint density at radius 3 is 1.84 bits per heavy atom. The van der Waals surface area contributed by atoms with E-state index in [1.165, 1.54) is 31.1 Å². The number of rotatable bonds is 11. The molecule has 0 aromatic carbocycles. The Labute approximate surface area is 188 Å². The molecule has 0 aliphatic carbocycles. The second-order valence-corrected chi connectivity index (χ2v) is 6.53. The quantitative estimate of drug-likeness (QED) is 0.263. The second kappa shape index (κ2) is 22.4. The molecule has 0 saturated heterocycles. The molecule has 7 heteroatoms. The molecule has 2 amide bonds. The highest BCUT2D eigenvalue weighted by molar-refractivity contribution is 6.12. The van der Waals surface area contributed by atoms with Crippen molar-refractivity contribution in [1.82, 2.24) is 4.90 Å². The molecule has 0 aromatic rings. The number of carbonyl (C=O) groups is 5. The average Bonchev–Trinajstić information content (AvgIpc) is 3.11. The third-order valence-corrected chi connectivity index (χ3v) is 4.28. The number of esters is 1. The summed E-state index contributed by atoms with van der Waals surface area (Å²) in [5.74, 6) is -0.301. The predicted molar refractivity (Wildman–Crippen MR) is 123 cm³/mol. The highest BCUT2D eigenvalue weighted by atomic mass is 16.5. The first kappa shape index (κ1) is 33.3. The van der Waals surface area contributed by atoms with E-state index in [0.717, 1.165) is 25.7 Å². The summed E-state index contributed by atoms with van der Waals surface area (Å²) in [5, 5.41) is 0. The number of imide groups is 1. The third kappa shape index (κ3) is 18.2. The summed E-state index contributed by atoms with van der Waals surface area (Å²) in [6.45, 7) is 13.8. The number of ether oxygens (including phenoxy) is 1. The zero-order chi connectivity index (χ0) is 24.8. The minimum atomic E-state index is -0.252. The normalized spacial score (nSPS) is 12.5. The lowest BCUT2D eigenvalue weighted by atomic mass is 9.99. The van der Waals surface area contributed by atoms with E-state index in [0.29, 0.717) is 25.8 Å². The van der Waals surface area contributed by atoms with E-state index in [2.05, 4.69) is 4.74 Å². The number of nitrogens with zero attached hydrogens (tertiary/aromatic N) is 1. The Kier molecular flexibility index (Phi) is 24.1. The number of hydrogen-bond donors (Lipinski definition) is 0. The summed E-state index contributed by atoms with van der Waals surface area (Å²) in [5.41, 5.74) is 0. The summed E-state index contributed by atoms with van der Waals surface area (Å²) in [6, 6.07) is 0. The fraction of sp³-hybridized carbons (Fsp3) is 0.708. The molecule has 1 aliphatic rings. The lowest BCUT2D eigenvalue weighted by Crippen LogP contribution is -2.30. The first-order valence-corrected chi connectivity index (χ1v) is 11.3. The van der Waals surface area contributed by atoms with Crippen molar-refractivity contribution in [3.05, 3.63) is 12.2 Å². The van der Waals surface area contributed by atoms with Gasteiger partial charge in [0, 0.05) is 43.9 Å². The highest BCUT2D eigenvalue weighted by Gasteiger charge is 2.22. The molecule has 1 aliphatic heterocycles. The molecular weight excluding hydrogens is 398 g/mol. The predicted octanol–water partition coefficient (Wildman–Crippen LogP) is 4.67. The maximum atomic E-state index is 11.1. The Morgan fingerprint density at radius 1 is 0.903 bits per heavy atom. The summed E-state index contributed by atoms with van der Waals surface area (Å²) < 4.78 is 4.50. The largest absolute Gasteiger partial charge is 0.469 e. The standard InChI is InChI=1S/C11H15NO4.C9H16O2.2C2H6/c1-16-11(15)5-3-2-4-8-12-9(13)6-7-10(12)14;1-4-7(2)9(11)6-5-8(3)10;2*1-2/h6-7H,2-5,8H2,1H3;7H,4-6H2,1-3H3;2*1-2H3. The Balaban J connectivity index is -0.000000458. The molecule has 31 heavy (non-hydrogen) atoms. The molecule has 0 spiro atoms. The molecule has 1 unspecified atom stereocenters. The van der Waals surface area contributed by atoms with Gasteiger partial charge in [0.1, 0.15) is 11.6 Å². The topological polar surface area (TPSA) is 97.8 Å². The maximum absolute atomic E-state index is 11.1. The molecule has 0 fully saturated rings. The van der Waals surface area contributed by atoms with Gasteiger partial charge in [-0.3, -0.25) is 24.1 Å². The van der Waals surface area contributed by atoms with Crippen LogP contribution >= 0.6 is 0 Å². The van der Waals surface area contributed by atoms with Crippen molar-refractivity contribution >= 4 is 29.4 Å². The fourth-order valence-corrected chi connectivity index (χ4v) is 2.24. The number of carbonyl (C=O) groups excluding carboxylic acids is 5. The van der Waals surface area contributed by atoms with Crippen molar-refractivity contribution in [3.63, 3.8) is 0 Å². The van der Waals surface area contributed by atoms with Crippen molar-refractivity contribution in [1.29, 1.82) is 0 Å². The molecule has 0 N–H and O–H groups in total. The third-order valence-electron chi connectivity index (χ3n) is 4.28. The van der Waals surface area contributed by atoms with Crippen LogP contribution in [0.4, 0.5) is 0 Å². The van der Waals surface area contributed by atoms with Crippen molar-refractivity contribution in [2.75, 3.05) is 13.7 Å². The lowest BCUT2D eigenvalue weighted by Gasteiger charge is -2.12. The van der Waals surface area contributed by atoms with E-state index in [1.54, 1.807) is 0 Å². The van der Waals surface area contributed by atoms with E-state index in [4.69, 9.17) is 0 Å². The molecule has 1 heterocycles. The van der Waals surface area contributed by atoms with Crippen LogP contribution in [0.15, 0.2) is 12.2 Å². The van der Waals surface area contributed by atoms with Crippen molar-refractivity contribution in [2.24, 2.45) is 5.92 Å². The first-order chi connectivity index (χ1) is 14.7. The smallest absolute Gasteiger partial charge is 0.305 e. The van der Waals surface area contributed by atoms with Crippen LogP contribution in [0.2, 0.25) is 0 Å². The van der Waals surface area contributed by atoms with E-state index in [-0.39, 0.29) is 35.3 Å². The molecule has 180 valence electrons. The maximum Gasteiger partial charge on any atom is 0.305 e. The van der Waals surface area contributed by atoms with E-state index < -0.39 is 0 Å². The van der Waals surface area contributed by atoms with Crippen LogP contribution in [0, 0.1) is 5.92 Å². The van der Waals surface area contributed by atoms with Gasteiger partial charge in [0.25, 0.3) is 11.8 Å². The van der Waals surface area contributed by atoms with Crippen molar-refractivity contribution in [2.45, 2.75) is 93.4 Å². The van der Waals surface area contributed by atoms with E-state index in [1.807, 2.05) is 41.5 Å². The Morgan fingerprint density at radius 2 is 1.42 bits per heavy atom. The minimum absolute atomic E-state index is 0.0988. The van der Waals surface area contributed by atoms with E-state index >= 15 is 0 Å². The first-order valence-electron chi connectivity index (χ1n) is 11.3. The van der Waals surface area contributed by atoms with Gasteiger partial charge in [0.2, 0.25) is 0 Å². The highest BCUT2D eigenvalue weighted by Crippen LogP contribution is 2.08. The van der Waals surface area contributed by atoms with Crippen LogP contribution in [-0.4, -0.2) is 47.9 Å². The summed E-state index contributed by atoms with van der Waals surface area (Å²) in [6.07, 6.45) is 6.87. The van der Waals surface area contributed by atoms with Gasteiger partial charge in [0.15, 0.2) is 0 Å². The fourth-order valence-electron chi connectivity index (χ4n) is 2.24. The zero-order valence-corrected chi connectivity index (χ0v) is 20.8. The van der Waals surface area contributed by atoms with Gasteiger partial charge in [0.05, 0.1) is 7.11 Å². The number of amides is 2. The van der Waals surface area contributed by atoms with Gasteiger partial charge in [-0.15, -0.1) is 0 Å². The van der Waals surface area contributed by atoms with E-state index in [9.17, 15) is 24.0 Å². The summed E-state index contributed by atoms with van der Waals surface area (Å²) in [7, 11) is 1.36. The van der Waals surface area contributed by atoms with Gasteiger partial charge in [-0.05, 0) is 26.2 Å². The number of hydrogen-bond acceptors (Lipinski definition) is 6. The Hall–Kier alpha value is -2.31. The molecule has 0 radical (unpaired) electrons. The van der Waals surface area contributed by atoms with Crippen LogP contribution in [-0.2, 0) is 28.7 Å². The van der Waals surface area contributed by atoms with Crippen LogP contribution in [0.5, 0.6) is 0 Å². The molecule has 7 nitrogen and oxygen atoms in total. The van der Waals surface area contributed by atoms with Crippen LogP contribution in [0.1, 0.15) is 93.4 Å². The molecular formula is C24H43NO6. The second-order valence-electron chi connectivity index (χ2n) is 6.53. The molecule has 1 rings (SSSR count). The number of ketones is 2. The van der Waals surface area contributed by atoms with Crippen molar-refractivity contribution in [3.8, 4) is 0 Å². The lowest BCUT2D eigenvalue weighted by molar-refractivity contribution is -0.141. The van der Waals surface area contributed by atoms with Gasteiger partial charge in [-0.1, -0.05) is 48.0 Å². The molecule has 0 aromatic heterocycles. The summed E-state index contributed by atoms with van der Waals surface area (Å²) >= 11 is 0. The van der Waals surface area contributed by atoms with Crippen molar-refractivity contribution < 1.29 is 28.7 Å². The van der Waals surface area contributed by atoms with Gasteiger partial charge in [-0.2, -0.15) is 0 Å². The molecule has 0 saturated carbocycles. The molecule has 0 bridgehead atoms. The zero-order valence-electron chi connectivity index (χ0n) is 20.8. The Bertz CT molecular complexity index is 550. The monoisotopic (exact) mass is 441 g/mol. The summed E-state index contributed by atoms with van der Waals surface area (Å²) in [4.78, 5) is 55.9. The number of unbranched alkanes of at least 4 members (excludes halogenated alkanes) is 2. The SMILES string of the molecule is CC.CC.CCC(C)C(=O)CCC(C)=O.COC(=O)CCCCCN1C(=O)C=CC1=O. The van der Waals surface area contributed by atoms with Gasteiger partial charge < -0.3 is 9.53 Å². The minimum Gasteiger partial charge on any atom is -0.469 e. The van der Waals surface area contributed by atoms with Crippen LogP contribution in [0.25, 0.3) is 0 Å². The number of methoxy groups -OCH3 is 1. The molecule has 1 atom stereocenters. The number of Topliss-reactive ketones (excluding diaryl/α,β-unsaturated/α-hetero) is 2. The van der Waals surface area contributed by atoms with Crippen LogP contribution in [0.3, 0.4) is 0 Å². The van der Waals surface area contributed by atoms with Gasteiger partial charge in [-0.25, -0.2) is 0 Å². The van der Waals surface area contributed by atoms with Crippen LogP contribution < -0.4 is 0 Å². The van der Waals surface area contributed by atoms with Gasteiger partial charge >= 0.3 is 5.97 Å². The average molecular weight is 442 g/mol.